The van der Waals surface area contributed by atoms with Gasteiger partial charge in [-0.15, -0.1) is 23.7 Å². The highest BCUT2D eigenvalue weighted by molar-refractivity contribution is 7.18. The first-order valence-electron chi connectivity index (χ1n) is 10.1. The lowest BCUT2D eigenvalue weighted by Crippen LogP contribution is -2.51. The minimum Gasteiger partial charge on any atom is -0.338 e. The van der Waals surface area contributed by atoms with Gasteiger partial charge in [0, 0.05) is 36.5 Å². The van der Waals surface area contributed by atoms with E-state index in [2.05, 4.69) is 4.98 Å². The number of likely N-dealkylation sites (tertiary alicyclic amines) is 1. The average molecular weight is 425 g/mol. The van der Waals surface area contributed by atoms with E-state index in [9.17, 15) is 9.59 Å². The number of piperidine rings is 1. The van der Waals surface area contributed by atoms with Crippen LogP contribution in [0.2, 0.25) is 0 Å². The number of aromatic nitrogens is 2. The lowest BCUT2D eigenvalue weighted by atomic mass is 9.96. The third-order valence-corrected chi connectivity index (χ3v) is 7.18. The van der Waals surface area contributed by atoms with Gasteiger partial charge in [0.05, 0.1) is 11.7 Å². The summed E-state index contributed by atoms with van der Waals surface area (Å²) in [6.07, 6.45) is 9.42. The SMILES string of the molecule is CC(N)C1CCCCN1C(=O)CCn1cnc2sc3c(c2c1=O)CCCC3.Cl. The predicted octanol–water partition coefficient (Wildman–Crippen LogP) is 2.88. The molecule has 0 aromatic carbocycles. The van der Waals surface area contributed by atoms with Crippen molar-refractivity contribution < 1.29 is 4.79 Å². The van der Waals surface area contributed by atoms with E-state index in [1.807, 2.05) is 11.8 Å². The van der Waals surface area contributed by atoms with Crippen molar-refractivity contribution in [1.82, 2.24) is 14.5 Å². The fourth-order valence-corrected chi connectivity index (χ4v) is 5.73. The number of fused-ring (bicyclic) bond motifs is 3. The molecule has 0 bridgehead atoms. The number of amides is 1. The van der Waals surface area contributed by atoms with Crippen molar-refractivity contribution in [2.75, 3.05) is 6.54 Å². The highest BCUT2D eigenvalue weighted by atomic mass is 35.5. The summed E-state index contributed by atoms with van der Waals surface area (Å²) >= 11 is 1.66. The second-order valence-corrected chi connectivity index (χ2v) is 8.98. The van der Waals surface area contributed by atoms with Gasteiger partial charge in [-0.1, -0.05) is 0 Å². The predicted molar refractivity (Wildman–Crippen MR) is 115 cm³/mol. The first-order chi connectivity index (χ1) is 13.1. The zero-order valence-corrected chi connectivity index (χ0v) is 18.0. The Labute approximate surface area is 175 Å². The van der Waals surface area contributed by atoms with Gasteiger partial charge in [-0.2, -0.15) is 0 Å². The van der Waals surface area contributed by atoms with E-state index in [1.165, 1.54) is 16.9 Å². The molecule has 2 atom stereocenters. The number of hydrogen-bond acceptors (Lipinski definition) is 5. The van der Waals surface area contributed by atoms with E-state index in [1.54, 1.807) is 22.2 Å². The first-order valence-corrected chi connectivity index (χ1v) is 10.9. The molecule has 1 aliphatic heterocycles. The van der Waals surface area contributed by atoms with Crippen LogP contribution in [0.5, 0.6) is 0 Å². The summed E-state index contributed by atoms with van der Waals surface area (Å²) < 4.78 is 1.62. The summed E-state index contributed by atoms with van der Waals surface area (Å²) in [4.78, 5) is 34.4. The number of halogens is 1. The van der Waals surface area contributed by atoms with Crippen molar-refractivity contribution in [1.29, 1.82) is 0 Å². The molecule has 154 valence electrons. The molecule has 0 radical (unpaired) electrons. The third kappa shape index (κ3) is 3.98. The molecule has 2 N–H and O–H groups in total. The number of nitrogens with two attached hydrogens (primary N) is 1. The number of aryl methyl sites for hydroxylation is 3. The lowest BCUT2D eigenvalue weighted by molar-refractivity contribution is -0.135. The standard InChI is InChI=1S/C20H28N4O2S.ClH/c1-13(21)15-7-4-5-10-24(15)17(25)9-11-23-12-22-19-18(20(23)26)14-6-2-3-8-16(14)27-19;/h12-13,15H,2-11,21H2,1H3;1H. The zero-order chi connectivity index (χ0) is 19.0. The minimum absolute atomic E-state index is 0. The van der Waals surface area contributed by atoms with Gasteiger partial charge in [0.1, 0.15) is 4.83 Å². The van der Waals surface area contributed by atoms with Crippen LogP contribution in [0.15, 0.2) is 11.1 Å². The number of carbonyl (C=O) groups is 1. The topological polar surface area (TPSA) is 81.2 Å². The molecule has 1 saturated heterocycles. The Balaban J connectivity index is 0.00000225. The normalized spacial score (nSPS) is 20.5. The van der Waals surface area contributed by atoms with Crippen LogP contribution in [0.3, 0.4) is 0 Å². The Hall–Kier alpha value is -1.44. The molecule has 4 rings (SSSR count). The van der Waals surface area contributed by atoms with Gasteiger partial charge in [0.25, 0.3) is 5.56 Å². The Kier molecular flexibility index (Phi) is 6.78. The van der Waals surface area contributed by atoms with Crippen LogP contribution >= 0.6 is 23.7 Å². The smallest absolute Gasteiger partial charge is 0.262 e. The molecule has 1 fully saturated rings. The van der Waals surface area contributed by atoms with Gasteiger partial charge in [0.2, 0.25) is 5.91 Å². The van der Waals surface area contributed by atoms with Crippen molar-refractivity contribution in [3.63, 3.8) is 0 Å². The molecule has 6 nitrogen and oxygen atoms in total. The summed E-state index contributed by atoms with van der Waals surface area (Å²) in [6, 6.07) is 0.0970. The van der Waals surface area contributed by atoms with Crippen LogP contribution in [0, 0.1) is 0 Å². The van der Waals surface area contributed by atoms with Gasteiger partial charge >= 0.3 is 0 Å². The summed E-state index contributed by atoms with van der Waals surface area (Å²) in [5.74, 6) is 0.0938. The second-order valence-electron chi connectivity index (χ2n) is 7.89. The molecule has 8 heteroatoms. The van der Waals surface area contributed by atoms with Crippen molar-refractivity contribution in [2.45, 2.75) is 76.9 Å². The molecule has 2 aromatic heterocycles. The Morgan fingerprint density at radius 3 is 2.89 bits per heavy atom. The van der Waals surface area contributed by atoms with Crippen molar-refractivity contribution >= 4 is 39.9 Å². The monoisotopic (exact) mass is 424 g/mol. The number of nitrogens with zero attached hydrogens (tertiary/aromatic N) is 3. The van der Waals surface area contributed by atoms with Crippen molar-refractivity contribution in [2.24, 2.45) is 5.73 Å². The largest absolute Gasteiger partial charge is 0.338 e. The highest BCUT2D eigenvalue weighted by Gasteiger charge is 2.29. The molecular formula is C20H29ClN4O2S. The third-order valence-electron chi connectivity index (χ3n) is 5.98. The molecule has 3 heterocycles. The first kappa shape index (κ1) is 21.3. The zero-order valence-electron chi connectivity index (χ0n) is 16.4. The Morgan fingerprint density at radius 2 is 2.11 bits per heavy atom. The van der Waals surface area contributed by atoms with Crippen molar-refractivity contribution in [3.8, 4) is 0 Å². The maximum Gasteiger partial charge on any atom is 0.262 e. The van der Waals surface area contributed by atoms with Crippen LogP contribution in [-0.4, -0.2) is 39.0 Å². The highest BCUT2D eigenvalue weighted by Crippen LogP contribution is 2.33. The summed E-state index contributed by atoms with van der Waals surface area (Å²) in [7, 11) is 0. The minimum atomic E-state index is -0.0210. The molecule has 1 aliphatic carbocycles. The number of thiophene rings is 1. The van der Waals surface area contributed by atoms with E-state index in [0.717, 1.165) is 55.3 Å². The lowest BCUT2D eigenvalue weighted by Gasteiger charge is -2.38. The van der Waals surface area contributed by atoms with Gasteiger partial charge in [-0.3, -0.25) is 14.2 Å². The molecule has 28 heavy (non-hydrogen) atoms. The number of rotatable bonds is 4. The van der Waals surface area contributed by atoms with E-state index < -0.39 is 0 Å². The molecule has 0 saturated carbocycles. The molecule has 2 aliphatic rings. The van der Waals surface area contributed by atoms with Gasteiger partial charge in [-0.05, 0) is 57.4 Å². The van der Waals surface area contributed by atoms with E-state index >= 15 is 0 Å². The van der Waals surface area contributed by atoms with Crippen LogP contribution in [-0.2, 0) is 24.2 Å². The van der Waals surface area contributed by atoms with Crippen LogP contribution < -0.4 is 11.3 Å². The van der Waals surface area contributed by atoms with E-state index in [0.29, 0.717) is 13.0 Å². The Morgan fingerprint density at radius 1 is 1.32 bits per heavy atom. The molecular weight excluding hydrogens is 396 g/mol. The maximum absolute atomic E-state index is 13.0. The fraction of sp³-hybridized carbons (Fsp3) is 0.650. The van der Waals surface area contributed by atoms with Gasteiger partial charge in [0.15, 0.2) is 0 Å². The fourth-order valence-electron chi connectivity index (χ4n) is 4.51. The van der Waals surface area contributed by atoms with Crippen molar-refractivity contribution in [3.05, 3.63) is 27.1 Å². The second kappa shape index (κ2) is 8.93. The summed E-state index contributed by atoms with van der Waals surface area (Å²) in [5, 5.41) is 0.788. The van der Waals surface area contributed by atoms with Gasteiger partial charge in [-0.25, -0.2) is 4.98 Å². The van der Waals surface area contributed by atoms with E-state index in [4.69, 9.17) is 5.73 Å². The van der Waals surface area contributed by atoms with Crippen LogP contribution in [0.1, 0.15) is 55.9 Å². The average Bonchev–Trinajstić information content (AvgIpc) is 3.06. The summed E-state index contributed by atoms with van der Waals surface area (Å²) in [5.41, 5.74) is 7.29. The van der Waals surface area contributed by atoms with Crippen LogP contribution in [0.25, 0.3) is 10.2 Å². The quantitative estimate of drug-likeness (QED) is 0.818. The molecule has 0 spiro atoms. The Bertz CT molecular complexity index is 907. The van der Waals surface area contributed by atoms with E-state index in [-0.39, 0.29) is 36.0 Å². The molecule has 2 unspecified atom stereocenters. The summed E-state index contributed by atoms with van der Waals surface area (Å²) in [6.45, 7) is 3.13. The maximum atomic E-state index is 13.0. The van der Waals surface area contributed by atoms with Gasteiger partial charge < -0.3 is 10.6 Å². The number of hydrogen-bond donors (Lipinski definition) is 1. The number of carbonyl (C=O) groups excluding carboxylic acids is 1. The molecule has 2 aromatic rings. The molecule has 1 amide bonds. The van der Waals surface area contributed by atoms with Crippen LogP contribution in [0.4, 0.5) is 0 Å².